The molecule has 0 atom stereocenters. The highest BCUT2D eigenvalue weighted by Gasteiger charge is 2.08. The minimum atomic E-state index is -0.611. The first-order valence-electron chi connectivity index (χ1n) is 3.47. The normalized spacial score (nSPS) is 10.2. The SMILES string of the molecule is O=C(OCl)c1ccc2ncoc2c1. The van der Waals surface area contributed by atoms with Gasteiger partial charge >= 0.3 is 5.97 Å². The molecule has 13 heavy (non-hydrogen) atoms. The summed E-state index contributed by atoms with van der Waals surface area (Å²) >= 11 is 4.92. The van der Waals surface area contributed by atoms with E-state index in [0.29, 0.717) is 16.7 Å². The quantitative estimate of drug-likeness (QED) is 0.703. The molecule has 2 rings (SSSR count). The largest absolute Gasteiger partial charge is 0.443 e. The number of oxazole rings is 1. The average molecular weight is 198 g/mol. The van der Waals surface area contributed by atoms with Crippen LogP contribution in [0.25, 0.3) is 11.1 Å². The van der Waals surface area contributed by atoms with Gasteiger partial charge in [0.2, 0.25) is 0 Å². The Hall–Kier alpha value is -1.55. The second-order valence-corrected chi connectivity index (χ2v) is 2.55. The Balaban J connectivity index is 2.54. The van der Waals surface area contributed by atoms with Crippen molar-refractivity contribution in [2.45, 2.75) is 0 Å². The van der Waals surface area contributed by atoms with Gasteiger partial charge in [0, 0.05) is 0 Å². The second-order valence-electron chi connectivity index (χ2n) is 2.40. The average Bonchev–Trinajstić information content (AvgIpc) is 2.63. The Kier molecular flexibility index (Phi) is 1.90. The Morgan fingerprint density at radius 3 is 3.15 bits per heavy atom. The molecule has 0 saturated heterocycles. The van der Waals surface area contributed by atoms with Gasteiger partial charge in [-0.1, -0.05) is 0 Å². The molecule has 0 unspecified atom stereocenters. The molecule has 1 aromatic carbocycles. The first kappa shape index (κ1) is 8.07. The summed E-state index contributed by atoms with van der Waals surface area (Å²) in [7, 11) is 0. The minimum Gasteiger partial charge on any atom is -0.443 e. The molecule has 0 aliphatic rings. The first-order chi connectivity index (χ1) is 6.31. The van der Waals surface area contributed by atoms with Crippen LogP contribution in [0.5, 0.6) is 0 Å². The summed E-state index contributed by atoms with van der Waals surface area (Å²) in [4.78, 5) is 14.9. The second kappa shape index (κ2) is 3.06. The molecule has 2 aromatic rings. The number of carbonyl (C=O) groups is 1. The van der Waals surface area contributed by atoms with E-state index in [9.17, 15) is 4.79 Å². The van der Waals surface area contributed by atoms with Crippen LogP contribution in [0.1, 0.15) is 10.4 Å². The zero-order valence-corrected chi connectivity index (χ0v) is 7.12. The van der Waals surface area contributed by atoms with E-state index < -0.39 is 5.97 Å². The molecule has 66 valence electrons. The number of nitrogens with zero attached hydrogens (tertiary/aromatic N) is 1. The maximum Gasteiger partial charge on any atom is 0.356 e. The smallest absolute Gasteiger partial charge is 0.356 e. The topological polar surface area (TPSA) is 52.3 Å². The van der Waals surface area contributed by atoms with Gasteiger partial charge in [0.1, 0.15) is 17.4 Å². The van der Waals surface area contributed by atoms with Crippen molar-refractivity contribution in [3.8, 4) is 0 Å². The Labute approximate surface area is 78.2 Å². The summed E-state index contributed by atoms with van der Waals surface area (Å²) in [6.07, 6.45) is 1.31. The first-order valence-corrected chi connectivity index (χ1v) is 3.78. The molecule has 0 aliphatic heterocycles. The van der Waals surface area contributed by atoms with Crippen LogP contribution < -0.4 is 0 Å². The number of aromatic nitrogens is 1. The lowest BCUT2D eigenvalue weighted by molar-refractivity contribution is 0.0751. The minimum absolute atomic E-state index is 0.333. The number of benzene rings is 1. The van der Waals surface area contributed by atoms with Crippen LogP contribution in [0.2, 0.25) is 0 Å². The van der Waals surface area contributed by atoms with Crippen LogP contribution in [0.4, 0.5) is 0 Å². The van der Waals surface area contributed by atoms with Gasteiger partial charge in [0.05, 0.1) is 5.56 Å². The zero-order chi connectivity index (χ0) is 9.26. The van der Waals surface area contributed by atoms with Crippen LogP contribution in [-0.4, -0.2) is 11.0 Å². The van der Waals surface area contributed by atoms with Crippen molar-refractivity contribution < 1.29 is 13.5 Å². The molecule has 0 aliphatic carbocycles. The molecule has 0 amide bonds. The highest BCUT2D eigenvalue weighted by Crippen LogP contribution is 2.15. The fourth-order valence-corrected chi connectivity index (χ4v) is 1.12. The van der Waals surface area contributed by atoms with Gasteiger partial charge in [-0.3, -0.25) is 0 Å². The molecule has 1 aromatic heterocycles. The standard InChI is InChI=1S/C8H4ClNO3/c9-13-8(11)5-1-2-6-7(3-5)12-4-10-6/h1-4H. The van der Waals surface area contributed by atoms with E-state index in [-0.39, 0.29) is 0 Å². The molecule has 0 spiro atoms. The van der Waals surface area contributed by atoms with E-state index in [1.165, 1.54) is 12.5 Å². The summed E-state index contributed by atoms with van der Waals surface area (Å²) in [6, 6.07) is 4.74. The van der Waals surface area contributed by atoms with Crippen molar-refractivity contribution in [1.82, 2.24) is 4.98 Å². The van der Waals surface area contributed by atoms with Gasteiger partial charge in [0.15, 0.2) is 12.0 Å². The van der Waals surface area contributed by atoms with Gasteiger partial charge < -0.3 is 8.71 Å². The highest BCUT2D eigenvalue weighted by molar-refractivity contribution is 6.16. The number of carbonyl (C=O) groups excluding carboxylic acids is 1. The van der Waals surface area contributed by atoms with Gasteiger partial charge in [-0.25, -0.2) is 9.78 Å². The van der Waals surface area contributed by atoms with E-state index in [0.717, 1.165) is 0 Å². The molecule has 0 fully saturated rings. The molecule has 0 saturated carbocycles. The molecule has 5 heteroatoms. The highest BCUT2D eigenvalue weighted by atomic mass is 35.5. The summed E-state index contributed by atoms with van der Waals surface area (Å²) in [5.74, 6) is -0.611. The molecule has 0 radical (unpaired) electrons. The van der Waals surface area contributed by atoms with Crippen molar-refractivity contribution in [3.05, 3.63) is 30.2 Å². The number of hydrogen-bond acceptors (Lipinski definition) is 4. The Bertz CT molecular complexity index is 451. The number of rotatable bonds is 1. The van der Waals surface area contributed by atoms with E-state index in [2.05, 4.69) is 9.27 Å². The summed E-state index contributed by atoms with van der Waals surface area (Å²) < 4.78 is 9.02. The predicted molar refractivity (Wildman–Crippen MR) is 45.3 cm³/mol. The Morgan fingerprint density at radius 2 is 2.38 bits per heavy atom. The van der Waals surface area contributed by atoms with Crippen molar-refractivity contribution in [2.24, 2.45) is 0 Å². The van der Waals surface area contributed by atoms with Crippen molar-refractivity contribution in [1.29, 1.82) is 0 Å². The van der Waals surface area contributed by atoms with E-state index >= 15 is 0 Å². The monoisotopic (exact) mass is 197 g/mol. The fourth-order valence-electron chi connectivity index (χ4n) is 1.03. The van der Waals surface area contributed by atoms with Crippen LogP contribution >= 0.6 is 11.9 Å². The van der Waals surface area contributed by atoms with Crippen LogP contribution in [0.15, 0.2) is 29.0 Å². The van der Waals surface area contributed by atoms with E-state index in [1.807, 2.05) is 0 Å². The summed E-state index contributed by atoms with van der Waals surface area (Å²) in [5.41, 5.74) is 1.55. The molecular weight excluding hydrogens is 194 g/mol. The molecule has 4 nitrogen and oxygen atoms in total. The molecule has 0 N–H and O–H groups in total. The third-order valence-corrected chi connectivity index (χ3v) is 1.78. The van der Waals surface area contributed by atoms with Crippen LogP contribution in [0, 0.1) is 0 Å². The molecule has 0 bridgehead atoms. The molecule has 1 heterocycles. The van der Waals surface area contributed by atoms with Gasteiger partial charge in [-0.15, -0.1) is 0 Å². The lowest BCUT2D eigenvalue weighted by Crippen LogP contribution is -1.96. The lowest BCUT2D eigenvalue weighted by atomic mass is 10.2. The number of halogens is 1. The molecular formula is C8H4ClNO3. The van der Waals surface area contributed by atoms with Crippen molar-refractivity contribution in [2.75, 3.05) is 0 Å². The fraction of sp³-hybridized carbons (Fsp3) is 0. The van der Waals surface area contributed by atoms with Gasteiger partial charge in [-0.05, 0) is 18.2 Å². The maximum absolute atomic E-state index is 11.0. The van der Waals surface area contributed by atoms with Crippen molar-refractivity contribution >= 4 is 28.9 Å². The predicted octanol–water partition coefficient (Wildman–Crippen LogP) is 2.14. The number of hydrogen-bond donors (Lipinski definition) is 0. The maximum atomic E-state index is 11.0. The van der Waals surface area contributed by atoms with E-state index in [1.54, 1.807) is 12.1 Å². The summed E-state index contributed by atoms with van der Waals surface area (Å²) in [6.45, 7) is 0. The van der Waals surface area contributed by atoms with Gasteiger partial charge in [0.25, 0.3) is 0 Å². The van der Waals surface area contributed by atoms with Gasteiger partial charge in [-0.2, -0.15) is 0 Å². The zero-order valence-electron chi connectivity index (χ0n) is 6.36. The Morgan fingerprint density at radius 1 is 1.54 bits per heavy atom. The van der Waals surface area contributed by atoms with Crippen LogP contribution in [0.3, 0.4) is 0 Å². The number of fused-ring (bicyclic) bond motifs is 1. The third kappa shape index (κ3) is 1.36. The summed E-state index contributed by atoms with van der Waals surface area (Å²) in [5, 5.41) is 0. The van der Waals surface area contributed by atoms with E-state index in [4.69, 9.17) is 16.3 Å². The lowest BCUT2D eigenvalue weighted by Gasteiger charge is -1.94. The van der Waals surface area contributed by atoms with Crippen molar-refractivity contribution in [3.63, 3.8) is 0 Å². The van der Waals surface area contributed by atoms with Crippen LogP contribution in [-0.2, 0) is 4.29 Å². The third-order valence-electron chi connectivity index (χ3n) is 1.64.